The first-order chi connectivity index (χ1) is 8.22. The highest BCUT2D eigenvalue weighted by atomic mass is 15.3. The summed E-state index contributed by atoms with van der Waals surface area (Å²) in [5.74, 6) is 0.527. The van der Waals surface area contributed by atoms with Gasteiger partial charge in [0.2, 0.25) is 0 Å². The molecule has 0 radical (unpaired) electrons. The molecule has 3 nitrogen and oxygen atoms in total. The molecular formula is C14H19N3. The van der Waals surface area contributed by atoms with Crippen LogP contribution in [0.3, 0.4) is 0 Å². The number of aromatic nitrogens is 2. The number of para-hydroxylation sites is 1. The lowest BCUT2D eigenvalue weighted by molar-refractivity contribution is 0.431. The Labute approximate surface area is 102 Å². The topological polar surface area (TPSA) is 29.9 Å². The van der Waals surface area contributed by atoms with Crippen molar-refractivity contribution in [3.05, 3.63) is 48.3 Å². The highest BCUT2D eigenvalue weighted by Crippen LogP contribution is 2.20. The van der Waals surface area contributed by atoms with Gasteiger partial charge < -0.3 is 5.32 Å². The van der Waals surface area contributed by atoms with E-state index in [0.717, 1.165) is 11.4 Å². The van der Waals surface area contributed by atoms with Gasteiger partial charge in [-0.05, 0) is 31.2 Å². The smallest absolute Gasteiger partial charge is 0.0800 e. The van der Waals surface area contributed by atoms with E-state index in [-0.39, 0.29) is 0 Å². The van der Waals surface area contributed by atoms with Crippen molar-refractivity contribution in [1.82, 2.24) is 15.1 Å². The van der Waals surface area contributed by atoms with E-state index in [0.29, 0.717) is 12.0 Å². The minimum Gasteiger partial charge on any atom is -0.311 e. The van der Waals surface area contributed by atoms with Crippen LogP contribution in [0.4, 0.5) is 0 Å². The molecule has 1 aromatic heterocycles. The van der Waals surface area contributed by atoms with Crippen LogP contribution in [0.2, 0.25) is 0 Å². The van der Waals surface area contributed by atoms with Crippen LogP contribution in [0, 0.1) is 5.92 Å². The van der Waals surface area contributed by atoms with Gasteiger partial charge in [0, 0.05) is 6.20 Å². The van der Waals surface area contributed by atoms with Crippen LogP contribution in [0.15, 0.2) is 42.6 Å². The monoisotopic (exact) mass is 229 g/mol. The SMILES string of the molecule is CNC(c1ccn(-c2ccccc2)n1)C(C)C. The Balaban J connectivity index is 2.27. The maximum Gasteiger partial charge on any atom is 0.0800 e. The largest absolute Gasteiger partial charge is 0.311 e. The first-order valence-electron chi connectivity index (χ1n) is 6.00. The molecule has 1 aromatic carbocycles. The Morgan fingerprint density at radius 1 is 1.12 bits per heavy atom. The van der Waals surface area contributed by atoms with Crippen molar-refractivity contribution in [3.8, 4) is 5.69 Å². The summed E-state index contributed by atoms with van der Waals surface area (Å²) < 4.78 is 1.92. The zero-order valence-electron chi connectivity index (χ0n) is 10.6. The highest BCUT2D eigenvalue weighted by molar-refractivity contribution is 5.30. The first kappa shape index (κ1) is 11.9. The number of nitrogens with one attached hydrogen (secondary N) is 1. The number of rotatable bonds is 4. The van der Waals surface area contributed by atoms with E-state index in [1.54, 1.807) is 0 Å². The fourth-order valence-electron chi connectivity index (χ4n) is 2.05. The van der Waals surface area contributed by atoms with Gasteiger partial charge in [-0.2, -0.15) is 5.10 Å². The summed E-state index contributed by atoms with van der Waals surface area (Å²) in [6, 6.07) is 12.6. The molecule has 1 atom stereocenters. The molecule has 1 unspecified atom stereocenters. The fourth-order valence-corrected chi connectivity index (χ4v) is 2.05. The Morgan fingerprint density at radius 2 is 1.82 bits per heavy atom. The molecule has 17 heavy (non-hydrogen) atoms. The van der Waals surface area contributed by atoms with Crippen molar-refractivity contribution in [2.24, 2.45) is 5.92 Å². The van der Waals surface area contributed by atoms with Gasteiger partial charge in [-0.25, -0.2) is 4.68 Å². The summed E-state index contributed by atoms with van der Waals surface area (Å²) in [6.07, 6.45) is 2.01. The van der Waals surface area contributed by atoms with Crippen molar-refractivity contribution >= 4 is 0 Å². The molecule has 0 aliphatic rings. The Bertz CT molecular complexity index is 459. The third-order valence-corrected chi connectivity index (χ3v) is 2.93. The van der Waals surface area contributed by atoms with Gasteiger partial charge in [0.15, 0.2) is 0 Å². The summed E-state index contributed by atoms with van der Waals surface area (Å²) in [5.41, 5.74) is 2.18. The summed E-state index contributed by atoms with van der Waals surface area (Å²) in [5, 5.41) is 7.93. The summed E-state index contributed by atoms with van der Waals surface area (Å²) in [4.78, 5) is 0. The van der Waals surface area contributed by atoms with Crippen LogP contribution < -0.4 is 5.32 Å². The van der Waals surface area contributed by atoms with Crippen molar-refractivity contribution < 1.29 is 0 Å². The number of benzene rings is 1. The second-order valence-electron chi connectivity index (χ2n) is 4.53. The highest BCUT2D eigenvalue weighted by Gasteiger charge is 2.16. The Kier molecular flexibility index (Phi) is 3.59. The number of hydrogen-bond donors (Lipinski definition) is 1. The molecule has 0 spiro atoms. The summed E-state index contributed by atoms with van der Waals surface area (Å²) in [7, 11) is 1.98. The van der Waals surface area contributed by atoms with Crippen molar-refractivity contribution in [1.29, 1.82) is 0 Å². The number of hydrogen-bond acceptors (Lipinski definition) is 2. The summed E-state index contributed by atoms with van der Waals surface area (Å²) >= 11 is 0. The molecule has 0 bridgehead atoms. The third kappa shape index (κ3) is 2.56. The lowest BCUT2D eigenvalue weighted by Crippen LogP contribution is -2.22. The predicted octanol–water partition coefficient (Wildman–Crippen LogP) is 2.79. The maximum absolute atomic E-state index is 4.63. The van der Waals surface area contributed by atoms with Crippen LogP contribution in [0.25, 0.3) is 5.69 Å². The molecule has 1 N–H and O–H groups in total. The van der Waals surface area contributed by atoms with E-state index in [9.17, 15) is 0 Å². The zero-order chi connectivity index (χ0) is 12.3. The van der Waals surface area contributed by atoms with Crippen molar-refractivity contribution in [2.75, 3.05) is 7.05 Å². The van der Waals surface area contributed by atoms with E-state index in [1.807, 2.05) is 36.1 Å². The molecular weight excluding hydrogens is 210 g/mol. The molecule has 2 rings (SSSR count). The molecule has 90 valence electrons. The van der Waals surface area contributed by atoms with E-state index < -0.39 is 0 Å². The maximum atomic E-state index is 4.63. The lowest BCUT2D eigenvalue weighted by Gasteiger charge is -2.17. The molecule has 0 fully saturated rings. The predicted molar refractivity (Wildman–Crippen MR) is 70.2 cm³/mol. The van der Waals surface area contributed by atoms with Gasteiger partial charge in [0.1, 0.15) is 0 Å². The molecule has 3 heteroatoms. The third-order valence-electron chi connectivity index (χ3n) is 2.93. The molecule has 0 aliphatic heterocycles. The van der Waals surface area contributed by atoms with Crippen LogP contribution >= 0.6 is 0 Å². The molecule has 1 heterocycles. The first-order valence-corrected chi connectivity index (χ1v) is 6.00. The van der Waals surface area contributed by atoms with Crippen LogP contribution in [-0.4, -0.2) is 16.8 Å². The Hall–Kier alpha value is -1.61. The Morgan fingerprint density at radius 3 is 2.41 bits per heavy atom. The van der Waals surface area contributed by atoms with E-state index in [2.05, 4.69) is 42.5 Å². The normalized spacial score (nSPS) is 12.9. The van der Waals surface area contributed by atoms with Gasteiger partial charge in [0.25, 0.3) is 0 Å². The summed E-state index contributed by atoms with van der Waals surface area (Å²) in [6.45, 7) is 4.39. The minimum atomic E-state index is 0.306. The standard InChI is InChI=1S/C14H19N3/c1-11(2)14(15-3)13-9-10-17(16-13)12-7-5-4-6-8-12/h4-11,14-15H,1-3H3. The van der Waals surface area contributed by atoms with Gasteiger partial charge in [-0.1, -0.05) is 32.0 Å². The van der Waals surface area contributed by atoms with Gasteiger partial charge in [-0.3, -0.25) is 0 Å². The van der Waals surface area contributed by atoms with E-state index in [4.69, 9.17) is 0 Å². The van der Waals surface area contributed by atoms with Crippen LogP contribution in [-0.2, 0) is 0 Å². The quantitative estimate of drug-likeness (QED) is 0.873. The van der Waals surface area contributed by atoms with Crippen LogP contribution in [0.1, 0.15) is 25.6 Å². The minimum absolute atomic E-state index is 0.306. The zero-order valence-corrected chi connectivity index (χ0v) is 10.6. The van der Waals surface area contributed by atoms with E-state index in [1.165, 1.54) is 0 Å². The second-order valence-corrected chi connectivity index (χ2v) is 4.53. The van der Waals surface area contributed by atoms with Gasteiger partial charge >= 0.3 is 0 Å². The van der Waals surface area contributed by atoms with E-state index >= 15 is 0 Å². The van der Waals surface area contributed by atoms with Gasteiger partial charge in [0.05, 0.1) is 17.4 Å². The molecule has 0 saturated carbocycles. The fraction of sp³-hybridized carbons (Fsp3) is 0.357. The van der Waals surface area contributed by atoms with Crippen LogP contribution in [0.5, 0.6) is 0 Å². The number of nitrogens with zero attached hydrogens (tertiary/aromatic N) is 2. The van der Waals surface area contributed by atoms with Crippen molar-refractivity contribution in [3.63, 3.8) is 0 Å². The molecule has 2 aromatic rings. The van der Waals surface area contributed by atoms with Crippen molar-refractivity contribution in [2.45, 2.75) is 19.9 Å². The molecule has 0 aliphatic carbocycles. The average molecular weight is 229 g/mol. The molecule has 0 saturated heterocycles. The lowest BCUT2D eigenvalue weighted by atomic mass is 10.0. The van der Waals surface area contributed by atoms with Gasteiger partial charge in [-0.15, -0.1) is 0 Å². The average Bonchev–Trinajstić information content (AvgIpc) is 2.80. The molecule has 0 amide bonds. The second kappa shape index (κ2) is 5.15.